The van der Waals surface area contributed by atoms with Gasteiger partial charge in [-0.1, -0.05) is 32.2 Å². The number of aromatic nitrogens is 2. The Bertz CT molecular complexity index is 1260. The summed E-state index contributed by atoms with van der Waals surface area (Å²) in [5.74, 6) is 0.193. The van der Waals surface area contributed by atoms with Crippen LogP contribution in [0.4, 0.5) is 16.2 Å². The molecule has 1 fully saturated rings. The van der Waals surface area contributed by atoms with Crippen LogP contribution in [0.25, 0.3) is 0 Å². The third kappa shape index (κ3) is 4.82. The molecule has 0 aliphatic carbocycles. The number of carbonyl (C=O) groups is 3. The van der Waals surface area contributed by atoms with Crippen LogP contribution in [0.2, 0.25) is 0 Å². The summed E-state index contributed by atoms with van der Waals surface area (Å²) < 4.78 is 0. The van der Waals surface area contributed by atoms with Crippen molar-refractivity contribution in [2.45, 2.75) is 62.4 Å². The van der Waals surface area contributed by atoms with Crippen LogP contribution in [0.5, 0.6) is 0 Å². The van der Waals surface area contributed by atoms with E-state index < -0.39 is 11.3 Å². The monoisotopic (exact) mass is 520 g/mol. The first kappa shape index (κ1) is 25.3. The molecule has 194 valence electrons. The number of hydrogen-bond acceptors (Lipinski definition) is 6. The van der Waals surface area contributed by atoms with Crippen molar-refractivity contribution >= 4 is 41.0 Å². The lowest BCUT2D eigenvalue weighted by Gasteiger charge is -2.36. The Kier molecular flexibility index (Phi) is 6.94. The largest absolute Gasteiger partial charge is 0.351 e. The van der Waals surface area contributed by atoms with E-state index >= 15 is 0 Å². The Balaban J connectivity index is 1.38. The van der Waals surface area contributed by atoms with Gasteiger partial charge in [0.2, 0.25) is 11.8 Å². The van der Waals surface area contributed by atoms with Crippen molar-refractivity contribution in [1.82, 2.24) is 25.5 Å². The zero-order valence-corrected chi connectivity index (χ0v) is 22.2. The van der Waals surface area contributed by atoms with E-state index in [1.165, 1.54) is 17.8 Å². The molecule has 2 aromatic rings. The highest BCUT2D eigenvalue weighted by molar-refractivity contribution is 8.01. The minimum atomic E-state index is -0.548. The number of nitrogens with zero attached hydrogens (tertiary/aromatic N) is 4. The van der Waals surface area contributed by atoms with Crippen molar-refractivity contribution in [3.8, 4) is 0 Å². The number of anilines is 2. The lowest BCUT2D eigenvalue weighted by molar-refractivity contribution is -0.129. The molecule has 0 aromatic carbocycles. The van der Waals surface area contributed by atoms with Gasteiger partial charge in [0.05, 0.1) is 23.6 Å². The van der Waals surface area contributed by atoms with Crippen LogP contribution >= 0.6 is 11.8 Å². The number of nitrogens with one attached hydrogen (secondary N) is 2. The zero-order chi connectivity index (χ0) is 26.3. The van der Waals surface area contributed by atoms with E-state index in [-0.39, 0.29) is 23.9 Å². The van der Waals surface area contributed by atoms with E-state index in [0.717, 1.165) is 46.8 Å². The van der Waals surface area contributed by atoms with E-state index in [9.17, 15) is 14.4 Å². The smallest absolute Gasteiger partial charge is 0.327 e. The number of thioether (sulfide) groups is 1. The van der Waals surface area contributed by atoms with E-state index in [1.807, 2.05) is 19.1 Å². The van der Waals surface area contributed by atoms with Crippen LogP contribution in [0.15, 0.2) is 42.2 Å². The van der Waals surface area contributed by atoms with E-state index in [4.69, 9.17) is 0 Å². The second kappa shape index (κ2) is 10.2. The van der Waals surface area contributed by atoms with Crippen molar-refractivity contribution < 1.29 is 14.4 Å². The predicted octanol–water partition coefficient (Wildman–Crippen LogP) is 3.65. The van der Waals surface area contributed by atoms with Crippen molar-refractivity contribution in [2.75, 3.05) is 18.0 Å². The number of aryl methyl sites for hydroxylation is 1. The van der Waals surface area contributed by atoms with Gasteiger partial charge in [-0.05, 0) is 55.9 Å². The quantitative estimate of drug-likeness (QED) is 0.563. The average Bonchev–Trinajstić information content (AvgIpc) is 3.24. The fourth-order valence-corrected chi connectivity index (χ4v) is 6.58. The van der Waals surface area contributed by atoms with Crippen LogP contribution in [0.1, 0.15) is 49.6 Å². The van der Waals surface area contributed by atoms with Gasteiger partial charge in [0, 0.05) is 36.6 Å². The number of rotatable bonds is 6. The molecule has 3 atom stereocenters. The summed E-state index contributed by atoms with van der Waals surface area (Å²) in [5.41, 5.74) is 4.24. The van der Waals surface area contributed by atoms with Crippen LogP contribution in [-0.2, 0) is 16.0 Å². The fraction of sp³-hybridized carbons (Fsp3) is 0.444. The fourth-order valence-electron chi connectivity index (χ4n) is 5.34. The normalized spacial score (nSPS) is 22.5. The maximum atomic E-state index is 13.4. The second-order valence-electron chi connectivity index (χ2n) is 10.2. The molecule has 5 rings (SSSR count). The van der Waals surface area contributed by atoms with Crippen molar-refractivity contribution in [2.24, 2.45) is 5.92 Å². The van der Waals surface area contributed by atoms with Gasteiger partial charge in [-0.25, -0.2) is 9.78 Å². The van der Waals surface area contributed by atoms with Crippen LogP contribution in [0, 0.1) is 12.8 Å². The average molecular weight is 521 g/mol. The molecule has 5 heterocycles. The molecule has 2 N–H and O–H groups in total. The zero-order valence-electron chi connectivity index (χ0n) is 21.4. The summed E-state index contributed by atoms with van der Waals surface area (Å²) in [4.78, 5) is 51.4. The number of pyridine rings is 2. The number of urea groups is 1. The molecule has 10 heteroatoms. The lowest BCUT2D eigenvalue weighted by atomic mass is 9.98. The third-order valence-corrected chi connectivity index (χ3v) is 8.31. The maximum Gasteiger partial charge on any atom is 0.327 e. The van der Waals surface area contributed by atoms with Crippen LogP contribution in [-0.4, -0.2) is 57.1 Å². The minimum absolute atomic E-state index is 0.128. The summed E-state index contributed by atoms with van der Waals surface area (Å²) in [6, 6.07) is 2.93. The maximum absolute atomic E-state index is 13.4. The Morgan fingerprint density at radius 3 is 2.86 bits per heavy atom. The van der Waals surface area contributed by atoms with Gasteiger partial charge in [0.1, 0.15) is 10.3 Å². The molecule has 1 saturated heterocycles. The molecule has 4 amide bonds. The molecule has 3 aliphatic rings. The van der Waals surface area contributed by atoms with E-state index in [1.54, 1.807) is 22.2 Å². The summed E-state index contributed by atoms with van der Waals surface area (Å²) in [7, 11) is 0. The van der Waals surface area contributed by atoms with Gasteiger partial charge in [0.15, 0.2) is 0 Å². The summed E-state index contributed by atoms with van der Waals surface area (Å²) in [6.07, 6.45) is 7.22. The van der Waals surface area contributed by atoms with Crippen molar-refractivity contribution in [3.63, 3.8) is 0 Å². The number of likely N-dealkylation sites (tertiary alicyclic amines) is 1. The molecule has 2 unspecified atom stereocenters. The molecule has 37 heavy (non-hydrogen) atoms. The Labute approximate surface area is 221 Å². The highest BCUT2D eigenvalue weighted by atomic mass is 32.2. The number of hydrogen-bond donors (Lipinski definition) is 2. The summed E-state index contributed by atoms with van der Waals surface area (Å²) >= 11 is 1.37. The van der Waals surface area contributed by atoms with E-state index in [2.05, 4.69) is 41.0 Å². The predicted molar refractivity (Wildman–Crippen MR) is 143 cm³/mol. The van der Waals surface area contributed by atoms with Gasteiger partial charge < -0.3 is 15.5 Å². The van der Waals surface area contributed by atoms with E-state index in [0.29, 0.717) is 24.7 Å². The Hall–Kier alpha value is -3.40. The topological polar surface area (TPSA) is 108 Å². The molecule has 3 aliphatic heterocycles. The molecular weight excluding hydrogens is 488 g/mol. The van der Waals surface area contributed by atoms with Crippen LogP contribution < -0.4 is 15.5 Å². The number of carbonyl (C=O) groups excluding carboxylic acids is 3. The van der Waals surface area contributed by atoms with Gasteiger partial charge in [-0.15, -0.1) is 0 Å². The number of amides is 4. The SMILES string of the molecule is C=CC(=O)N1CCCC(NC(=O)[C@@H]2Sc3nccc4c3C2NC(=O)N4c2cnc(CC(C)C)cc2C)C1. The molecule has 0 saturated carbocycles. The molecule has 0 radical (unpaired) electrons. The Morgan fingerprint density at radius 2 is 2.14 bits per heavy atom. The molecular formula is C27H32N6O3S. The molecule has 0 spiro atoms. The summed E-state index contributed by atoms with van der Waals surface area (Å²) in [6.45, 7) is 11.0. The highest BCUT2D eigenvalue weighted by Gasteiger charge is 2.47. The first-order valence-electron chi connectivity index (χ1n) is 12.7. The van der Waals surface area contributed by atoms with Gasteiger partial charge in [-0.2, -0.15) is 0 Å². The van der Waals surface area contributed by atoms with Crippen molar-refractivity contribution in [1.29, 1.82) is 0 Å². The standard InChI is InChI=1S/C27H32N6O3S/c1-5-21(34)32-10-6-7-17(14-32)30-25(35)24-23-22-19(8-9-28-26(22)37-24)33(27(36)31-23)20-13-29-18(11-15(2)3)12-16(20)4/h5,8-9,12-13,15,17,23-24H,1,6-7,10-11,14H2,2-4H3,(H,30,35)(H,31,36)/t17?,23?,24-/m1/s1. The van der Waals surface area contributed by atoms with Crippen molar-refractivity contribution in [3.05, 3.63) is 54.0 Å². The minimum Gasteiger partial charge on any atom is -0.351 e. The highest BCUT2D eigenvalue weighted by Crippen LogP contribution is 2.50. The molecule has 9 nitrogen and oxygen atoms in total. The first-order chi connectivity index (χ1) is 17.8. The molecule has 2 aromatic heterocycles. The van der Waals surface area contributed by atoms with Gasteiger partial charge in [-0.3, -0.25) is 19.5 Å². The third-order valence-electron chi connectivity index (χ3n) is 7.02. The first-order valence-corrected chi connectivity index (χ1v) is 13.6. The number of piperidine rings is 1. The Morgan fingerprint density at radius 1 is 1.32 bits per heavy atom. The van der Waals surface area contributed by atoms with Crippen LogP contribution in [0.3, 0.4) is 0 Å². The molecule has 0 bridgehead atoms. The summed E-state index contributed by atoms with van der Waals surface area (Å²) in [5, 5.41) is 6.36. The van der Waals surface area contributed by atoms with Gasteiger partial charge >= 0.3 is 6.03 Å². The lowest BCUT2D eigenvalue weighted by Crippen LogP contribution is -2.53. The second-order valence-corrected chi connectivity index (χ2v) is 11.4. The van der Waals surface area contributed by atoms with Gasteiger partial charge in [0.25, 0.3) is 0 Å².